The number of benzene rings is 2. The highest BCUT2D eigenvalue weighted by atomic mass is 16.5. The molecule has 3 rings (SSSR count). The quantitative estimate of drug-likeness (QED) is 0.224. The van der Waals surface area contributed by atoms with E-state index in [0.29, 0.717) is 47.9 Å². The van der Waals surface area contributed by atoms with Crippen molar-refractivity contribution in [1.82, 2.24) is 4.90 Å². The fourth-order valence-electron chi connectivity index (χ4n) is 4.09. The molecule has 0 aliphatic carbocycles. The van der Waals surface area contributed by atoms with E-state index in [1.54, 1.807) is 48.5 Å². The predicted octanol–water partition coefficient (Wildman–Crippen LogP) is 1.03. The minimum Gasteiger partial charge on any atom is -0.872 e. The molecule has 2 aromatic rings. The fourth-order valence-corrected chi connectivity index (χ4v) is 4.09. The molecule has 0 aromatic heterocycles. The monoisotopic (exact) mass is 480 g/mol. The van der Waals surface area contributed by atoms with Crippen LogP contribution in [0.3, 0.4) is 0 Å². The van der Waals surface area contributed by atoms with Gasteiger partial charge in [-0.2, -0.15) is 0 Å². The summed E-state index contributed by atoms with van der Waals surface area (Å²) in [4.78, 5) is 28.9. The molecule has 8 heteroatoms. The van der Waals surface area contributed by atoms with Crippen LogP contribution in [0.2, 0.25) is 0 Å². The van der Waals surface area contributed by atoms with Crippen molar-refractivity contribution >= 4 is 17.4 Å². The summed E-state index contributed by atoms with van der Waals surface area (Å²) in [6, 6.07) is 10.8. The fraction of sp³-hybridized carbons (Fsp3) is 0.333. The first-order chi connectivity index (χ1) is 16.8. The first-order valence-electron chi connectivity index (χ1n) is 11.4. The van der Waals surface area contributed by atoms with Gasteiger partial charge >= 0.3 is 0 Å². The molecule has 1 aliphatic rings. The van der Waals surface area contributed by atoms with Gasteiger partial charge in [0.25, 0.3) is 5.91 Å². The van der Waals surface area contributed by atoms with E-state index in [-0.39, 0.29) is 5.57 Å². The summed E-state index contributed by atoms with van der Waals surface area (Å²) in [5.41, 5.74) is 0.838. The maximum atomic E-state index is 13.6. The van der Waals surface area contributed by atoms with Crippen LogP contribution in [-0.4, -0.2) is 64.6 Å². The Morgan fingerprint density at radius 1 is 1.09 bits per heavy atom. The maximum absolute atomic E-state index is 13.6. The topological polar surface area (TPSA) is 92.6 Å². The van der Waals surface area contributed by atoms with Crippen molar-refractivity contribution < 1.29 is 33.8 Å². The second kappa shape index (κ2) is 11.6. The molecule has 1 atom stereocenters. The van der Waals surface area contributed by atoms with Gasteiger partial charge in [-0.3, -0.25) is 9.59 Å². The molecule has 35 heavy (non-hydrogen) atoms. The van der Waals surface area contributed by atoms with E-state index >= 15 is 0 Å². The van der Waals surface area contributed by atoms with Crippen molar-refractivity contribution in [2.24, 2.45) is 0 Å². The van der Waals surface area contributed by atoms with Crippen LogP contribution < -0.4 is 24.2 Å². The third-order valence-corrected chi connectivity index (χ3v) is 5.81. The lowest BCUT2D eigenvalue weighted by atomic mass is 9.95. The number of ether oxygens (including phenoxy) is 3. The summed E-state index contributed by atoms with van der Waals surface area (Å²) in [7, 11) is 7.08. The van der Waals surface area contributed by atoms with Gasteiger partial charge in [-0.1, -0.05) is 36.6 Å². The van der Waals surface area contributed by atoms with Crippen LogP contribution in [0.25, 0.3) is 5.76 Å². The Labute approximate surface area is 206 Å². The Bertz CT molecular complexity index is 1110. The first-order valence-corrected chi connectivity index (χ1v) is 11.4. The Morgan fingerprint density at radius 3 is 2.37 bits per heavy atom. The number of hydrogen-bond donors (Lipinski definition) is 1. The molecule has 1 amide bonds. The second-order valence-electron chi connectivity index (χ2n) is 8.52. The van der Waals surface area contributed by atoms with Gasteiger partial charge in [-0.05, 0) is 35.4 Å². The number of Topliss-reactive ketones (excluding diaryl/α,β-unsaturated/α-hetero) is 1. The van der Waals surface area contributed by atoms with Crippen molar-refractivity contribution in [2.45, 2.75) is 12.5 Å². The van der Waals surface area contributed by atoms with Crippen molar-refractivity contribution in [3.63, 3.8) is 0 Å². The zero-order chi connectivity index (χ0) is 25.5. The molecule has 1 heterocycles. The van der Waals surface area contributed by atoms with Crippen molar-refractivity contribution in [3.8, 4) is 17.2 Å². The van der Waals surface area contributed by atoms with Gasteiger partial charge < -0.3 is 29.1 Å². The van der Waals surface area contributed by atoms with Crippen molar-refractivity contribution in [3.05, 3.63) is 71.8 Å². The van der Waals surface area contributed by atoms with Crippen LogP contribution in [0.15, 0.2) is 60.7 Å². The van der Waals surface area contributed by atoms with Gasteiger partial charge in [0.2, 0.25) is 5.78 Å². The third-order valence-electron chi connectivity index (χ3n) is 5.81. The van der Waals surface area contributed by atoms with Crippen LogP contribution in [0.5, 0.6) is 17.2 Å². The normalized spacial score (nSPS) is 17.1. The summed E-state index contributed by atoms with van der Waals surface area (Å²) < 4.78 is 16.2. The average molecular weight is 481 g/mol. The lowest BCUT2D eigenvalue weighted by molar-refractivity contribution is -0.858. The van der Waals surface area contributed by atoms with E-state index in [2.05, 4.69) is 6.58 Å². The number of likely N-dealkylation sites (tertiary alicyclic amines) is 1. The zero-order valence-electron chi connectivity index (χ0n) is 20.6. The molecule has 2 aromatic carbocycles. The Hall–Kier alpha value is -3.78. The maximum Gasteiger partial charge on any atom is 0.295 e. The molecule has 8 nitrogen and oxygen atoms in total. The van der Waals surface area contributed by atoms with Gasteiger partial charge in [0, 0.05) is 18.5 Å². The van der Waals surface area contributed by atoms with Gasteiger partial charge in [-0.25, -0.2) is 0 Å². The summed E-state index contributed by atoms with van der Waals surface area (Å²) in [6.07, 6.45) is 2.31. The molecule has 0 spiro atoms. The molecular formula is C27H32N2O6. The van der Waals surface area contributed by atoms with E-state index in [0.717, 1.165) is 6.54 Å². The standard InChI is InChI=1S/C27H32N2O6/c1-6-16-35-20-11-8-18(9-12-20)25(30)23-24(19-10-13-21(33-4)22(17-19)34-5)29(27(32)26(23)31)15-7-14-28(2)3/h6,8-13,17,24,30H,1,7,14-16H2,2-5H3. The highest BCUT2D eigenvalue weighted by Crippen LogP contribution is 2.41. The number of ketones is 1. The highest BCUT2D eigenvalue weighted by molar-refractivity contribution is 6.46. The predicted molar refractivity (Wildman–Crippen MR) is 130 cm³/mol. The SMILES string of the molecule is C=CCOc1ccc(C([O-])=C2C(=O)C(=O)N(CCC[NH+](C)C)C2c2ccc(OC)c(OC)c2)cc1. The minimum atomic E-state index is -0.823. The Balaban J connectivity index is 2.08. The van der Waals surface area contributed by atoms with Crippen LogP contribution in [0, 0.1) is 0 Å². The van der Waals surface area contributed by atoms with Crippen LogP contribution in [0.1, 0.15) is 23.6 Å². The van der Waals surface area contributed by atoms with Crippen LogP contribution in [-0.2, 0) is 9.59 Å². The summed E-state index contributed by atoms with van der Waals surface area (Å²) in [5.74, 6) is -0.405. The first kappa shape index (κ1) is 25.8. The molecule has 1 fully saturated rings. The van der Waals surface area contributed by atoms with Gasteiger partial charge in [-0.15, -0.1) is 0 Å². The van der Waals surface area contributed by atoms with Gasteiger partial charge in [0.1, 0.15) is 12.4 Å². The number of hydrogen-bond acceptors (Lipinski definition) is 6. The van der Waals surface area contributed by atoms with E-state index in [1.165, 1.54) is 24.0 Å². The molecule has 1 N–H and O–H groups in total. The van der Waals surface area contributed by atoms with Gasteiger partial charge in [0.15, 0.2) is 11.5 Å². The number of rotatable bonds is 11. The molecule has 186 valence electrons. The number of carbonyl (C=O) groups excluding carboxylic acids is 2. The summed E-state index contributed by atoms with van der Waals surface area (Å²) in [6.45, 7) is 5.11. The van der Waals surface area contributed by atoms with E-state index < -0.39 is 23.5 Å². The number of methoxy groups -OCH3 is 2. The number of carbonyl (C=O) groups is 2. The zero-order valence-corrected chi connectivity index (χ0v) is 20.6. The minimum absolute atomic E-state index is 0.0702. The van der Waals surface area contributed by atoms with Crippen molar-refractivity contribution in [2.75, 3.05) is 48.0 Å². The lowest BCUT2D eigenvalue weighted by Crippen LogP contribution is -3.05. The summed E-state index contributed by atoms with van der Waals surface area (Å²) in [5, 5.41) is 13.6. The van der Waals surface area contributed by atoms with E-state index in [1.807, 2.05) is 14.1 Å². The number of nitrogens with zero attached hydrogens (tertiary/aromatic N) is 1. The molecular weight excluding hydrogens is 448 g/mol. The second-order valence-corrected chi connectivity index (χ2v) is 8.52. The van der Waals surface area contributed by atoms with E-state index in [4.69, 9.17) is 14.2 Å². The Kier molecular flexibility index (Phi) is 8.54. The average Bonchev–Trinajstić information content (AvgIpc) is 3.11. The number of amides is 1. The summed E-state index contributed by atoms with van der Waals surface area (Å²) >= 11 is 0. The molecule has 0 bridgehead atoms. The molecule has 0 radical (unpaired) electrons. The van der Waals surface area contributed by atoms with Crippen LogP contribution in [0.4, 0.5) is 0 Å². The number of quaternary nitrogens is 1. The molecule has 1 saturated heterocycles. The van der Waals surface area contributed by atoms with Crippen molar-refractivity contribution in [1.29, 1.82) is 0 Å². The molecule has 1 aliphatic heterocycles. The third kappa shape index (κ3) is 5.66. The largest absolute Gasteiger partial charge is 0.872 e. The Morgan fingerprint density at radius 2 is 1.77 bits per heavy atom. The lowest BCUT2D eigenvalue weighted by Gasteiger charge is -2.28. The van der Waals surface area contributed by atoms with Crippen LogP contribution >= 0.6 is 0 Å². The number of nitrogens with one attached hydrogen (secondary N) is 1. The smallest absolute Gasteiger partial charge is 0.295 e. The van der Waals surface area contributed by atoms with E-state index in [9.17, 15) is 14.7 Å². The highest BCUT2D eigenvalue weighted by Gasteiger charge is 2.44. The molecule has 0 saturated carbocycles. The molecule has 1 unspecified atom stereocenters. The van der Waals surface area contributed by atoms with Gasteiger partial charge in [0.05, 0.1) is 40.9 Å².